The first-order valence-corrected chi connectivity index (χ1v) is 9.70. The number of nitrogens with one attached hydrogen (secondary N) is 1. The normalized spacial score (nSPS) is 15.1. The van der Waals surface area contributed by atoms with Gasteiger partial charge in [-0.25, -0.2) is 0 Å². The second-order valence-corrected chi connectivity index (χ2v) is 7.12. The summed E-state index contributed by atoms with van der Waals surface area (Å²) in [7, 11) is 0. The molecule has 0 atom stereocenters. The van der Waals surface area contributed by atoms with Gasteiger partial charge in [-0.3, -0.25) is 9.69 Å². The number of aromatic nitrogens is 1. The quantitative estimate of drug-likeness (QED) is 0.645. The highest BCUT2D eigenvalue weighted by molar-refractivity contribution is 5.79. The maximum absolute atomic E-state index is 11.3. The number of fused-ring (bicyclic) bond motifs is 1. The lowest BCUT2D eigenvalue weighted by atomic mass is 10.2. The number of H-pyrrole nitrogens is 1. The van der Waals surface area contributed by atoms with Crippen LogP contribution >= 0.6 is 0 Å². The van der Waals surface area contributed by atoms with E-state index in [-0.39, 0.29) is 5.56 Å². The number of piperazine rings is 1. The zero-order chi connectivity index (χ0) is 19.3. The molecule has 0 bridgehead atoms. The summed E-state index contributed by atoms with van der Waals surface area (Å²) in [6, 6.07) is 16.5. The number of ether oxygens (including phenoxy) is 1. The van der Waals surface area contributed by atoms with Gasteiger partial charge in [0.2, 0.25) is 5.56 Å². The van der Waals surface area contributed by atoms with Gasteiger partial charge >= 0.3 is 0 Å². The summed E-state index contributed by atoms with van der Waals surface area (Å²) in [5, 5.41) is 10.4. The number of aromatic amines is 1. The molecule has 6 nitrogen and oxygen atoms in total. The summed E-state index contributed by atoms with van der Waals surface area (Å²) in [4.78, 5) is 19.0. The van der Waals surface area contributed by atoms with Gasteiger partial charge in [-0.2, -0.15) is 0 Å². The van der Waals surface area contributed by atoms with Crippen LogP contribution in [0.1, 0.15) is 6.42 Å². The molecule has 0 unspecified atom stereocenters. The van der Waals surface area contributed by atoms with E-state index in [1.807, 2.05) is 36.4 Å². The minimum Gasteiger partial charge on any atom is -0.508 e. The molecule has 2 aromatic carbocycles. The molecule has 6 heteroatoms. The van der Waals surface area contributed by atoms with Crippen molar-refractivity contribution in [2.24, 2.45) is 0 Å². The Morgan fingerprint density at radius 3 is 2.54 bits per heavy atom. The molecule has 0 spiro atoms. The summed E-state index contributed by atoms with van der Waals surface area (Å²) in [5.41, 5.74) is 1.90. The molecule has 1 aliphatic heterocycles. The molecule has 1 saturated heterocycles. The lowest BCUT2D eigenvalue weighted by Gasteiger charge is -2.36. The standard InChI is InChI=1S/C22H25N3O3/c26-19-5-3-18(4-6-19)25-13-11-24(12-14-25)10-1-15-28-20-7-8-21-17(16-20)2-9-22(27)23-21/h2-9,16,26H,1,10-15H2,(H,23,27). The van der Waals surface area contributed by atoms with Gasteiger partial charge in [0.25, 0.3) is 0 Å². The van der Waals surface area contributed by atoms with Crippen LogP contribution < -0.4 is 15.2 Å². The maximum atomic E-state index is 11.3. The van der Waals surface area contributed by atoms with Crippen molar-refractivity contribution in [3.63, 3.8) is 0 Å². The van der Waals surface area contributed by atoms with Gasteiger partial charge in [-0.1, -0.05) is 0 Å². The lowest BCUT2D eigenvalue weighted by molar-refractivity contribution is 0.225. The number of nitrogens with zero attached hydrogens (tertiary/aromatic N) is 2. The summed E-state index contributed by atoms with van der Waals surface area (Å²) < 4.78 is 5.88. The Morgan fingerprint density at radius 2 is 1.75 bits per heavy atom. The van der Waals surface area contributed by atoms with Gasteiger partial charge in [0.1, 0.15) is 11.5 Å². The van der Waals surface area contributed by atoms with E-state index in [0.29, 0.717) is 12.4 Å². The zero-order valence-electron chi connectivity index (χ0n) is 15.8. The fourth-order valence-electron chi connectivity index (χ4n) is 3.59. The molecule has 0 saturated carbocycles. The predicted molar refractivity (Wildman–Crippen MR) is 111 cm³/mol. The Balaban J connectivity index is 1.20. The molecule has 4 rings (SSSR count). The van der Waals surface area contributed by atoms with Crippen LogP contribution in [0.5, 0.6) is 11.5 Å². The van der Waals surface area contributed by atoms with E-state index < -0.39 is 0 Å². The second-order valence-electron chi connectivity index (χ2n) is 7.12. The van der Waals surface area contributed by atoms with Crippen molar-refractivity contribution in [2.45, 2.75) is 6.42 Å². The molecular weight excluding hydrogens is 354 g/mol. The number of phenols is 1. The van der Waals surface area contributed by atoms with Crippen molar-refractivity contribution in [2.75, 3.05) is 44.2 Å². The van der Waals surface area contributed by atoms with Gasteiger partial charge in [-0.05, 0) is 55.0 Å². The SMILES string of the molecule is O=c1ccc2cc(OCCCN3CCN(c4ccc(O)cc4)CC3)ccc2[nH]1. The first kappa shape index (κ1) is 18.4. The molecule has 1 fully saturated rings. The number of hydrogen-bond acceptors (Lipinski definition) is 5. The Labute approximate surface area is 164 Å². The smallest absolute Gasteiger partial charge is 0.248 e. The van der Waals surface area contributed by atoms with Gasteiger partial charge in [0.05, 0.1) is 6.61 Å². The van der Waals surface area contributed by atoms with Crippen LogP contribution in [0.2, 0.25) is 0 Å². The van der Waals surface area contributed by atoms with Crippen LogP contribution in [0, 0.1) is 0 Å². The molecule has 0 amide bonds. The Morgan fingerprint density at radius 1 is 0.964 bits per heavy atom. The summed E-state index contributed by atoms with van der Waals surface area (Å²) in [6.07, 6.45) is 0.975. The fraction of sp³-hybridized carbons (Fsp3) is 0.318. The summed E-state index contributed by atoms with van der Waals surface area (Å²) in [5.74, 6) is 1.14. The topological polar surface area (TPSA) is 68.8 Å². The molecule has 2 heterocycles. The number of anilines is 1. The summed E-state index contributed by atoms with van der Waals surface area (Å²) in [6.45, 7) is 5.74. The van der Waals surface area contributed by atoms with Gasteiger partial charge in [-0.15, -0.1) is 0 Å². The molecule has 3 aromatic rings. The minimum absolute atomic E-state index is 0.0910. The van der Waals surface area contributed by atoms with Crippen molar-refractivity contribution in [1.29, 1.82) is 0 Å². The van der Waals surface area contributed by atoms with Crippen molar-refractivity contribution in [3.8, 4) is 11.5 Å². The second kappa shape index (κ2) is 8.35. The molecular formula is C22H25N3O3. The van der Waals surface area contributed by atoms with Gasteiger partial charge in [0, 0.05) is 55.4 Å². The molecule has 1 aromatic heterocycles. The molecule has 146 valence electrons. The molecule has 0 radical (unpaired) electrons. The average Bonchev–Trinajstić information content (AvgIpc) is 2.72. The number of hydrogen-bond donors (Lipinski definition) is 2. The average molecular weight is 379 g/mol. The molecule has 0 aliphatic carbocycles. The van der Waals surface area contributed by atoms with E-state index in [9.17, 15) is 9.90 Å². The first-order valence-electron chi connectivity index (χ1n) is 9.70. The fourth-order valence-corrected chi connectivity index (χ4v) is 3.59. The molecule has 28 heavy (non-hydrogen) atoms. The van der Waals surface area contributed by atoms with Crippen molar-refractivity contribution < 1.29 is 9.84 Å². The Bertz CT molecular complexity index is 976. The van der Waals surface area contributed by atoms with Crippen molar-refractivity contribution in [1.82, 2.24) is 9.88 Å². The van der Waals surface area contributed by atoms with Crippen LogP contribution in [0.4, 0.5) is 5.69 Å². The third-order valence-corrected chi connectivity index (χ3v) is 5.17. The van der Waals surface area contributed by atoms with Crippen LogP contribution in [0.3, 0.4) is 0 Å². The zero-order valence-corrected chi connectivity index (χ0v) is 15.8. The number of phenolic OH excluding ortho intramolecular Hbond substituents is 1. The highest BCUT2D eigenvalue weighted by Gasteiger charge is 2.16. The highest BCUT2D eigenvalue weighted by atomic mass is 16.5. The van der Waals surface area contributed by atoms with Gasteiger partial charge in [0.15, 0.2) is 0 Å². The predicted octanol–water partition coefficient (Wildman–Crippen LogP) is 2.82. The Hall–Kier alpha value is -2.99. The Kier molecular flexibility index (Phi) is 5.48. The molecule has 2 N–H and O–H groups in total. The van der Waals surface area contributed by atoms with E-state index in [4.69, 9.17) is 4.74 Å². The van der Waals surface area contributed by atoms with Crippen LogP contribution in [0.25, 0.3) is 10.9 Å². The van der Waals surface area contributed by atoms with Crippen molar-refractivity contribution >= 4 is 16.6 Å². The van der Waals surface area contributed by atoms with E-state index >= 15 is 0 Å². The molecule has 1 aliphatic rings. The number of aromatic hydroxyl groups is 1. The van der Waals surface area contributed by atoms with Crippen LogP contribution in [-0.4, -0.2) is 54.3 Å². The van der Waals surface area contributed by atoms with E-state index in [1.54, 1.807) is 12.1 Å². The monoisotopic (exact) mass is 379 g/mol. The van der Waals surface area contributed by atoms with Crippen LogP contribution in [-0.2, 0) is 0 Å². The van der Waals surface area contributed by atoms with E-state index in [0.717, 1.165) is 55.8 Å². The third-order valence-electron chi connectivity index (χ3n) is 5.17. The van der Waals surface area contributed by atoms with Crippen LogP contribution in [0.15, 0.2) is 59.4 Å². The third kappa shape index (κ3) is 4.46. The highest BCUT2D eigenvalue weighted by Crippen LogP contribution is 2.20. The summed E-state index contributed by atoms with van der Waals surface area (Å²) >= 11 is 0. The maximum Gasteiger partial charge on any atom is 0.248 e. The minimum atomic E-state index is -0.0910. The van der Waals surface area contributed by atoms with E-state index in [1.165, 1.54) is 11.8 Å². The number of benzene rings is 2. The largest absolute Gasteiger partial charge is 0.508 e. The first-order chi connectivity index (χ1) is 13.7. The van der Waals surface area contributed by atoms with E-state index in [2.05, 4.69) is 14.8 Å². The number of pyridine rings is 1. The number of rotatable bonds is 6. The van der Waals surface area contributed by atoms with Crippen molar-refractivity contribution in [3.05, 3.63) is 65.0 Å². The van der Waals surface area contributed by atoms with Gasteiger partial charge < -0.3 is 19.7 Å². The lowest BCUT2D eigenvalue weighted by Crippen LogP contribution is -2.46.